The number of thiazole rings is 1. The first kappa shape index (κ1) is 18.5. The summed E-state index contributed by atoms with van der Waals surface area (Å²) in [7, 11) is 2.07. The number of aromatic carboxylic acids is 1. The molecule has 1 aromatic heterocycles. The summed E-state index contributed by atoms with van der Waals surface area (Å²) in [6.45, 7) is 3.76. The SMILES string of the molecule is CN1CCN(c2ccc(Nc3nc(C(F)(F)F)c(C(=O)O)s3)cc2)CC1. The van der Waals surface area contributed by atoms with Gasteiger partial charge in [-0.05, 0) is 31.3 Å². The van der Waals surface area contributed by atoms with Gasteiger partial charge in [-0.25, -0.2) is 9.78 Å². The minimum Gasteiger partial charge on any atom is -0.477 e. The number of piperazine rings is 1. The van der Waals surface area contributed by atoms with Gasteiger partial charge in [0.15, 0.2) is 10.8 Å². The quantitative estimate of drug-likeness (QED) is 0.840. The number of nitrogens with one attached hydrogen (secondary N) is 1. The minimum absolute atomic E-state index is 0.109. The monoisotopic (exact) mass is 386 g/mol. The second-order valence-electron chi connectivity index (χ2n) is 5.96. The number of hydrogen-bond donors (Lipinski definition) is 2. The molecular formula is C16H17F3N4O2S. The summed E-state index contributed by atoms with van der Waals surface area (Å²) in [4.78, 5) is 18.1. The molecule has 26 heavy (non-hydrogen) atoms. The fourth-order valence-electron chi connectivity index (χ4n) is 2.65. The number of carboxylic acid groups (broad SMARTS) is 1. The van der Waals surface area contributed by atoms with E-state index in [1.807, 2.05) is 12.1 Å². The van der Waals surface area contributed by atoms with Gasteiger partial charge in [0.05, 0.1) is 0 Å². The number of halogens is 3. The lowest BCUT2D eigenvalue weighted by molar-refractivity contribution is -0.141. The fourth-order valence-corrected chi connectivity index (χ4v) is 3.50. The normalized spacial score (nSPS) is 15.9. The summed E-state index contributed by atoms with van der Waals surface area (Å²) in [6.07, 6.45) is -4.81. The van der Waals surface area contributed by atoms with Crippen molar-refractivity contribution in [2.45, 2.75) is 6.18 Å². The van der Waals surface area contributed by atoms with Gasteiger partial charge >= 0.3 is 12.1 Å². The summed E-state index contributed by atoms with van der Waals surface area (Å²) in [6, 6.07) is 7.24. The molecule has 2 heterocycles. The Balaban J connectivity index is 1.74. The van der Waals surface area contributed by atoms with E-state index < -0.39 is 22.7 Å². The second-order valence-corrected chi connectivity index (χ2v) is 6.96. The molecule has 2 N–H and O–H groups in total. The number of benzene rings is 1. The Morgan fingerprint density at radius 2 is 1.81 bits per heavy atom. The van der Waals surface area contributed by atoms with Crippen molar-refractivity contribution >= 4 is 33.8 Å². The van der Waals surface area contributed by atoms with Crippen molar-refractivity contribution < 1.29 is 23.1 Å². The smallest absolute Gasteiger partial charge is 0.435 e. The zero-order valence-corrected chi connectivity index (χ0v) is 14.7. The van der Waals surface area contributed by atoms with E-state index in [1.54, 1.807) is 12.1 Å². The van der Waals surface area contributed by atoms with Gasteiger partial charge in [0.25, 0.3) is 0 Å². The van der Waals surface area contributed by atoms with Crippen LogP contribution in [0.15, 0.2) is 24.3 Å². The van der Waals surface area contributed by atoms with Crippen molar-refractivity contribution in [2.75, 3.05) is 43.4 Å². The summed E-state index contributed by atoms with van der Waals surface area (Å²) in [5.74, 6) is -1.65. The number of aromatic nitrogens is 1. The van der Waals surface area contributed by atoms with Gasteiger partial charge in [-0.2, -0.15) is 13.2 Å². The van der Waals surface area contributed by atoms with Crippen molar-refractivity contribution in [3.05, 3.63) is 34.8 Å². The van der Waals surface area contributed by atoms with E-state index in [1.165, 1.54) is 0 Å². The molecule has 6 nitrogen and oxygen atoms in total. The van der Waals surface area contributed by atoms with Crippen LogP contribution in [0.5, 0.6) is 0 Å². The maximum atomic E-state index is 12.9. The Labute approximate surface area is 151 Å². The first-order valence-corrected chi connectivity index (χ1v) is 8.67. The number of rotatable bonds is 4. The van der Waals surface area contributed by atoms with Gasteiger partial charge in [0.1, 0.15) is 4.88 Å². The van der Waals surface area contributed by atoms with Crippen molar-refractivity contribution in [2.24, 2.45) is 0 Å². The predicted octanol–water partition coefficient (Wildman–Crippen LogP) is 3.36. The Morgan fingerprint density at radius 1 is 1.19 bits per heavy atom. The van der Waals surface area contributed by atoms with Gasteiger partial charge in [-0.1, -0.05) is 11.3 Å². The highest BCUT2D eigenvalue weighted by Gasteiger charge is 2.39. The Bertz CT molecular complexity index is 784. The molecule has 1 aliphatic rings. The molecule has 1 saturated heterocycles. The third-order valence-electron chi connectivity index (χ3n) is 4.08. The number of carboxylic acids is 1. The van der Waals surface area contributed by atoms with Crippen LogP contribution < -0.4 is 10.2 Å². The first-order chi connectivity index (χ1) is 12.2. The van der Waals surface area contributed by atoms with Crippen LogP contribution in [0.4, 0.5) is 29.7 Å². The number of carbonyl (C=O) groups is 1. The predicted molar refractivity (Wildman–Crippen MR) is 93.5 cm³/mol. The molecule has 2 aromatic rings. The van der Waals surface area contributed by atoms with Crippen LogP contribution in [-0.2, 0) is 6.18 Å². The molecule has 0 amide bonds. The van der Waals surface area contributed by atoms with Crippen LogP contribution in [0.2, 0.25) is 0 Å². The molecule has 0 spiro atoms. The lowest BCUT2D eigenvalue weighted by atomic mass is 10.2. The zero-order valence-electron chi connectivity index (χ0n) is 13.9. The van der Waals surface area contributed by atoms with E-state index >= 15 is 0 Å². The summed E-state index contributed by atoms with van der Waals surface area (Å²) in [5.41, 5.74) is 0.193. The first-order valence-electron chi connectivity index (χ1n) is 7.86. The van der Waals surface area contributed by atoms with Crippen molar-refractivity contribution in [3.8, 4) is 0 Å². The molecule has 140 valence electrons. The van der Waals surface area contributed by atoms with Crippen LogP contribution >= 0.6 is 11.3 Å². The molecular weight excluding hydrogens is 369 g/mol. The van der Waals surface area contributed by atoms with Crippen molar-refractivity contribution in [1.82, 2.24) is 9.88 Å². The van der Waals surface area contributed by atoms with E-state index in [0.717, 1.165) is 31.9 Å². The van der Waals surface area contributed by atoms with Crippen LogP contribution in [0.1, 0.15) is 15.4 Å². The Kier molecular flexibility index (Phi) is 5.05. The standard InChI is InChI=1S/C16H17F3N4O2S/c1-22-6-8-23(9-7-22)11-4-2-10(3-5-11)20-15-21-13(16(17,18)19)12(26-15)14(24)25/h2-5H,6-9H2,1H3,(H,20,21)(H,24,25). The van der Waals surface area contributed by atoms with Crippen molar-refractivity contribution in [1.29, 1.82) is 0 Å². The van der Waals surface area contributed by atoms with Crippen LogP contribution in [0.25, 0.3) is 0 Å². The third-order valence-corrected chi connectivity index (χ3v) is 5.04. The Hall–Kier alpha value is -2.33. The summed E-state index contributed by atoms with van der Waals surface area (Å²) >= 11 is 0.464. The molecule has 3 rings (SSSR count). The topological polar surface area (TPSA) is 68.7 Å². The number of anilines is 3. The maximum Gasteiger partial charge on any atom is 0.435 e. The average Bonchev–Trinajstić information content (AvgIpc) is 3.01. The molecule has 10 heteroatoms. The van der Waals surface area contributed by atoms with E-state index in [2.05, 4.69) is 27.1 Å². The average molecular weight is 386 g/mol. The minimum atomic E-state index is -4.81. The van der Waals surface area contributed by atoms with E-state index in [4.69, 9.17) is 5.11 Å². The van der Waals surface area contributed by atoms with Gasteiger partial charge in [0, 0.05) is 37.6 Å². The second kappa shape index (κ2) is 7.12. The highest BCUT2D eigenvalue weighted by molar-refractivity contribution is 7.17. The van der Waals surface area contributed by atoms with Gasteiger partial charge in [0.2, 0.25) is 0 Å². The number of likely N-dealkylation sites (N-methyl/N-ethyl adjacent to an activating group) is 1. The number of nitrogens with zero attached hydrogens (tertiary/aromatic N) is 3. The molecule has 0 atom stereocenters. The molecule has 0 saturated carbocycles. The largest absolute Gasteiger partial charge is 0.477 e. The molecule has 1 aliphatic heterocycles. The third kappa shape index (κ3) is 4.07. The Morgan fingerprint density at radius 3 is 2.31 bits per heavy atom. The lowest BCUT2D eigenvalue weighted by Crippen LogP contribution is -2.44. The molecule has 0 bridgehead atoms. The van der Waals surface area contributed by atoms with Gasteiger partial charge in [-0.3, -0.25) is 0 Å². The molecule has 0 radical (unpaired) electrons. The van der Waals surface area contributed by atoms with E-state index in [9.17, 15) is 18.0 Å². The van der Waals surface area contributed by atoms with Gasteiger partial charge < -0.3 is 20.2 Å². The maximum absolute atomic E-state index is 12.9. The zero-order chi connectivity index (χ0) is 18.9. The summed E-state index contributed by atoms with van der Waals surface area (Å²) < 4.78 is 38.7. The van der Waals surface area contributed by atoms with Crippen molar-refractivity contribution in [3.63, 3.8) is 0 Å². The summed E-state index contributed by atoms with van der Waals surface area (Å²) in [5, 5.41) is 11.6. The fraction of sp³-hybridized carbons (Fsp3) is 0.375. The van der Waals surface area contributed by atoms with Gasteiger partial charge in [-0.15, -0.1) is 0 Å². The number of hydrogen-bond acceptors (Lipinski definition) is 6. The van der Waals surface area contributed by atoms with Crippen LogP contribution in [-0.4, -0.2) is 54.2 Å². The molecule has 0 unspecified atom stereocenters. The molecule has 1 aromatic carbocycles. The molecule has 0 aliphatic carbocycles. The highest BCUT2D eigenvalue weighted by Crippen LogP contribution is 2.37. The van der Waals surface area contributed by atoms with E-state index in [0.29, 0.717) is 17.0 Å². The molecule has 1 fully saturated rings. The van der Waals surface area contributed by atoms with Crippen LogP contribution in [0, 0.1) is 0 Å². The van der Waals surface area contributed by atoms with Crippen LogP contribution in [0.3, 0.4) is 0 Å². The lowest BCUT2D eigenvalue weighted by Gasteiger charge is -2.34. The number of alkyl halides is 3. The highest BCUT2D eigenvalue weighted by atomic mass is 32.1. The van der Waals surface area contributed by atoms with E-state index in [-0.39, 0.29) is 5.13 Å².